The van der Waals surface area contributed by atoms with Crippen LogP contribution >= 0.6 is 0 Å². The van der Waals surface area contributed by atoms with Gasteiger partial charge >= 0.3 is 0 Å². The van der Waals surface area contributed by atoms with Crippen LogP contribution in [0, 0.1) is 0 Å². The summed E-state index contributed by atoms with van der Waals surface area (Å²) in [4.78, 5) is 23.4. The highest BCUT2D eigenvalue weighted by Crippen LogP contribution is 2.12. The van der Waals surface area contributed by atoms with E-state index >= 15 is 0 Å². The van der Waals surface area contributed by atoms with Gasteiger partial charge in [-0.25, -0.2) is 0 Å². The number of hydrogen-bond donors (Lipinski definition) is 0. The zero-order chi connectivity index (χ0) is 11.4. The summed E-state index contributed by atoms with van der Waals surface area (Å²) in [7, 11) is 0. The van der Waals surface area contributed by atoms with Crippen molar-refractivity contribution >= 4 is 11.9 Å². The fourth-order valence-electron chi connectivity index (χ4n) is 1.75. The summed E-state index contributed by atoms with van der Waals surface area (Å²) in [6.45, 7) is 4.87. The molecule has 0 N–H and O–H groups in total. The molecule has 1 aliphatic heterocycles. The Balaban J connectivity index is 2.41. The van der Waals surface area contributed by atoms with E-state index in [0.717, 1.165) is 0 Å². The van der Waals surface area contributed by atoms with Gasteiger partial charge in [0.1, 0.15) is 0 Å². The highest BCUT2D eigenvalue weighted by atomic mass is 16.5. The van der Waals surface area contributed by atoms with E-state index in [-0.39, 0.29) is 31.0 Å². The molecule has 86 valence electrons. The standard InChI is InChI=1S/C10H17NO4/c1-7-5-11(6-8(2)15-7)9(12)3-4-10(13)14/h7-8H,3-6H2,1-2H3,(H,13,14)/p-1/t7-,8-/m1/s1. The van der Waals surface area contributed by atoms with Gasteiger partial charge in [0, 0.05) is 25.5 Å². The third-order valence-electron chi connectivity index (χ3n) is 2.32. The van der Waals surface area contributed by atoms with Crippen LogP contribution < -0.4 is 5.11 Å². The van der Waals surface area contributed by atoms with Crippen molar-refractivity contribution in [3.63, 3.8) is 0 Å². The monoisotopic (exact) mass is 214 g/mol. The van der Waals surface area contributed by atoms with Crippen LogP contribution in [0.25, 0.3) is 0 Å². The Morgan fingerprint density at radius 1 is 1.27 bits per heavy atom. The van der Waals surface area contributed by atoms with E-state index in [1.165, 1.54) is 0 Å². The minimum absolute atomic E-state index is 0.0145. The average molecular weight is 214 g/mol. The van der Waals surface area contributed by atoms with Gasteiger partial charge in [-0.2, -0.15) is 0 Å². The van der Waals surface area contributed by atoms with Crippen LogP contribution in [0.1, 0.15) is 26.7 Å². The molecule has 5 nitrogen and oxygen atoms in total. The molecule has 1 rings (SSSR count). The zero-order valence-electron chi connectivity index (χ0n) is 9.06. The normalized spacial score (nSPS) is 26.4. The summed E-state index contributed by atoms with van der Waals surface area (Å²) in [5, 5.41) is 10.2. The number of nitrogens with zero attached hydrogens (tertiary/aromatic N) is 1. The summed E-state index contributed by atoms with van der Waals surface area (Å²) in [6, 6.07) is 0. The van der Waals surface area contributed by atoms with Gasteiger partial charge in [-0.3, -0.25) is 4.79 Å². The van der Waals surface area contributed by atoms with Gasteiger partial charge in [0.2, 0.25) is 5.91 Å². The number of carbonyl (C=O) groups is 2. The molecule has 0 aromatic rings. The molecular weight excluding hydrogens is 198 g/mol. The molecule has 1 saturated heterocycles. The van der Waals surface area contributed by atoms with Crippen molar-refractivity contribution in [3.05, 3.63) is 0 Å². The smallest absolute Gasteiger partial charge is 0.223 e. The molecule has 15 heavy (non-hydrogen) atoms. The van der Waals surface area contributed by atoms with Gasteiger partial charge < -0.3 is 19.5 Å². The molecule has 0 radical (unpaired) electrons. The minimum atomic E-state index is -1.18. The Labute approximate surface area is 89.0 Å². The van der Waals surface area contributed by atoms with E-state index in [4.69, 9.17) is 4.74 Å². The quantitative estimate of drug-likeness (QED) is 0.613. The lowest BCUT2D eigenvalue weighted by atomic mass is 10.2. The number of rotatable bonds is 3. The maximum absolute atomic E-state index is 11.6. The van der Waals surface area contributed by atoms with Gasteiger partial charge in [0.15, 0.2) is 0 Å². The van der Waals surface area contributed by atoms with Gasteiger partial charge in [-0.05, 0) is 20.3 Å². The van der Waals surface area contributed by atoms with Crippen LogP contribution in [0.3, 0.4) is 0 Å². The molecule has 0 saturated carbocycles. The van der Waals surface area contributed by atoms with Crippen molar-refractivity contribution in [1.29, 1.82) is 0 Å². The fourth-order valence-corrected chi connectivity index (χ4v) is 1.75. The molecule has 0 bridgehead atoms. The summed E-state index contributed by atoms with van der Waals surface area (Å²) in [5.74, 6) is -1.32. The molecular formula is C10H16NO4-. The van der Waals surface area contributed by atoms with Crippen molar-refractivity contribution in [2.75, 3.05) is 13.1 Å². The number of hydrogen-bond acceptors (Lipinski definition) is 4. The average Bonchev–Trinajstić information content (AvgIpc) is 2.12. The van der Waals surface area contributed by atoms with Gasteiger partial charge in [0.25, 0.3) is 0 Å². The topological polar surface area (TPSA) is 69.7 Å². The summed E-state index contributed by atoms with van der Waals surface area (Å²) in [6.07, 6.45) is -0.165. The van der Waals surface area contributed by atoms with Crippen molar-refractivity contribution < 1.29 is 19.4 Å². The molecule has 0 aromatic carbocycles. The number of amides is 1. The number of carboxylic acid groups (broad SMARTS) is 1. The zero-order valence-corrected chi connectivity index (χ0v) is 9.06. The van der Waals surface area contributed by atoms with Crippen LogP contribution in [0.5, 0.6) is 0 Å². The van der Waals surface area contributed by atoms with Crippen LogP contribution in [0.4, 0.5) is 0 Å². The fraction of sp³-hybridized carbons (Fsp3) is 0.800. The number of ether oxygens (including phenoxy) is 1. The van der Waals surface area contributed by atoms with E-state index < -0.39 is 5.97 Å². The summed E-state index contributed by atoms with van der Waals surface area (Å²) >= 11 is 0. The highest BCUT2D eigenvalue weighted by Gasteiger charge is 2.25. The van der Waals surface area contributed by atoms with E-state index in [9.17, 15) is 14.7 Å². The second-order valence-electron chi connectivity index (χ2n) is 3.93. The Kier molecular flexibility index (Phi) is 4.08. The third-order valence-corrected chi connectivity index (χ3v) is 2.32. The summed E-state index contributed by atoms with van der Waals surface area (Å²) < 4.78 is 5.47. The molecule has 5 heteroatoms. The number of carbonyl (C=O) groups excluding carboxylic acids is 2. The van der Waals surface area contributed by atoms with E-state index in [1.54, 1.807) is 4.90 Å². The molecule has 1 heterocycles. The third kappa shape index (κ3) is 3.87. The Morgan fingerprint density at radius 2 is 1.80 bits per heavy atom. The molecule has 0 aliphatic carbocycles. The van der Waals surface area contributed by atoms with Crippen LogP contribution in [0.15, 0.2) is 0 Å². The first kappa shape index (κ1) is 12.0. The predicted octanol–water partition coefficient (Wildman–Crippen LogP) is -0.848. The first-order valence-electron chi connectivity index (χ1n) is 5.12. The summed E-state index contributed by atoms with van der Waals surface area (Å²) in [5.41, 5.74) is 0. The molecule has 0 unspecified atom stereocenters. The number of morpholine rings is 1. The van der Waals surface area contributed by atoms with Crippen molar-refractivity contribution in [3.8, 4) is 0 Å². The van der Waals surface area contributed by atoms with E-state index in [2.05, 4.69) is 0 Å². The molecule has 2 atom stereocenters. The first-order chi connectivity index (χ1) is 6.99. The van der Waals surface area contributed by atoms with E-state index in [0.29, 0.717) is 13.1 Å². The van der Waals surface area contributed by atoms with Gasteiger partial charge in [-0.1, -0.05) is 0 Å². The molecule has 1 fully saturated rings. The maximum atomic E-state index is 11.6. The first-order valence-corrected chi connectivity index (χ1v) is 5.12. The molecule has 0 spiro atoms. The Morgan fingerprint density at radius 3 is 2.27 bits per heavy atom. The Hall–Kier alpha value is -1.10. The second kappa shape index (κ2) is 5.11. The SMILES string of the molecule is C[C@@H]1CN(C(=O)CCC(=O)[O-])C[C@@H](C)O1. The predicted molar refractivity (Wildman–Crippen MR) is 50.8 cm³/mol. The largest absolute Gasteiger partial charge is 0.550 e. The lowest BCUT2D eigenvalue weighted by molar-refractivity contribution is -0.305. The Bertz CT molecular complexity index is 244. The van der Waals surface area contributed by atoms with Crippen molar-refractivity contribution in [2.24, 2.45) is 0 Å². The maximum Gasteiger partial charge on any atom is 0.223 e. The lowest BCUT2D eigenvalue weighted by Crippen LogP contribution is -2.48. The second-order valence-corrected chi connectivity index (χ2v) is 3.93. The van der Waals surface area contributed by atoms with Crippen molar-refractivity contribution in [2.45, 2.75) is 38.9 Å². The number of carboxylic acids is 1. The van der Waals surface area contributed by atoms with E-state index in [1.807, 2.05) is 13.8 Å². The highest BCUT2D eigenvalue weighted by molar-refractivity contribution is 5.80. The number of aliphatic carboxylic acids is 1. The van der Waals surface area contributed by atoms with Gasteiger partial charge in [0.05, 0.1) is 12.2 Å². The van der Waals surface area contributed by atoms with Gasteiger partial charge in [-0.15, -0.1) is 0 Å². The van der Waals surface area contributed by atoms with Crippen molar-refractivity contribution in [1.82, 2.24) is 4.90 Å². The lowest BCUT2D eigenvalue weighted by Gasteiger charge is -2.35. The van der Waals surface area contributed by atoms with Crippen LogP contribution in [0.2, 0.25) is 0 Å². The molecule has 1 amide bonds. The molecule has 0 aromatic heterocycles. The van der Waals surface area contributed by atoms with Crippen LogP contribution in [-0.2, 0) is 14.3 Å². The minimum Gasteiger partial charge on any atom is -0.550 e. The van der Waals surface area contributed by atoms with Crippen LogP contribution in [-0.4, -0.2) is 42.1 Å². The molecule has 1 aliphatic rings.